The van der Waals surface area contributed by atoms with Crippen molar-refractivity contribution in [2.75, 3.05) is 5.32 Å². The molecular formula is C26H31ClN4O4. The van der Waals surface area contributed by atoms with E-state index in [1.165, 1.54) is 4.57 Å². The van der Waals surface area contributed by atoms with Crippen molar-refractivity contribution in [3.63, 3.8) is 0 Å². The number of aromatic nitrogens is 3. The first-order valence-corrected chi connectivity index (χ1v) is 12.1. The number of Topliss-reactive ketones (excluding diaryl/α,β-unsaturated/α-hetero) is 1. The van der Waals surface area contributed by atoms with Crippen molar-refractivity contribution >= 4 is 29.0 Å². The lowest BCUT2D eigenvalue weighted by Crippen LogP contribution is -2.42. The highest BCUT2D eigenvalue weighted by molar-refractivity contribution is 6.30. The second kappa shape index (κ2) is 11.8. The summed E-state index contributed by atoms with van der Waals surface area (Å²) in [5.74, 6) is 0.980. The van der Waals surface area contributed by atoms with Gasteiger partial charge in [0.05, 0.1) is 12.6 Å². The number of anilines is 2. The summed E-state index contributed by atoms with van der Waals surface area (Å²) in [7, 11) is 0. The summed E-state index contributed by atoms with van der Waals surface area (Å²) in [5.41, 5.74) is 1.24. The van der Waals surface area contributed by atoms with Crippen molar-refractivity contribution in [3.8, 4) is 5.75 Å². The van der Waals surface area contributed by atoms with Gasteiger partial charge in [-0.3, -0.25) is 9.36 Å². The third-order valence-corrected chi connectivity index (χ3v) is 5.68. The van der Waals surface area contributed by atoms with Gasteiger partial charge < -0.3 is 10.1 Å². The first-order valence-electron chi connectivity index (χ1n) is 11.7. The van der Waals surface area contributed by atoms with E-state index in [1.54, 1.807) is 19.1 Å². The largest absolute Gasteiger partial charge is 0.491 e. The minimum atomic E-state index is -0.662. The normalized spacial score (nSPS) is 11.0. The molecule has 186 valence electrons. The highest BCUT2D eigenvalue weighted by Gasteiger charge is 2.15. The highest BCUT2D eigenvalue weighted by Crippen LogP contribution is 2.24. The van der Waals surface area contributed by atoms with Crippen LogP contribution in [0.3, 0.4) is 0 Å². The summed E-state index contributed by atoms with van der Waals surface area (Å²) < 4.78 is 8.29. The molecule has 3 rings (SSSR count). The van der Waals surface area contributed by atoms with Gasteiger partial charge in [0.25, 0.3) is 0 Å². The van der Waals surface area contributed by atoms with Gasteiger partial charge in [-0.05, 0) is 68.7 Å². The molecule has 35 heavy (non-hydrogen) atoms. The molecular weight excluding hydrogens is 468 g/mol. The molecule has 9 heteroatoms. The fourth-order valence-electron chi connectivity index (χ4n) is 3.58. The maximum atomic E-state index is 13.4. The molecule has 0 amide bonds. The molecule has 0 aliphatic heterocycles. The van der Waals surface area contributed by atoms with Crippen molar-refractivity contribution in [3.05, 3.63) is 79.6 Å². The number of rotatable bonds is 11. The maximum absolute atomic E-state index is 13.4. The second-order valence-corrected chi connectivity index (χ2v) is 9.07. The molecule has 0 unspecified atom stereocenters. The van der Waals surface area contributed by atoms with Gasteiger partial charge in [0.2, 0.25) is 5.95 Å². The number of hydrogen-bond donors (Lipinski definition) is 1. The van der Waals surface area contributed by atoms with Crippen LogP contribution in [0.1, 0.15) is 51.2 Å². The fraction of sp³-hybridized carbons (Fsp3) is 0.385. The first-order chi connectivity index (χ1) is 16.7. The van der Waals surface area contributed by atoms with Crippen molar-refractivity contribution in [1.82, 2.24) is 14.1 Å². The molecule has 2 aromatic carbocycles. The van der Waals surface area contributed by atoms with Gasteiger partial charge in [0.15, 0.2) is 0 Å². The zero-order valence-electron chi connectivity index (χ0n) is 20.5. The van der Waals surface area contributed by atoms with Crippen LogP contribution in [0.15, 0.2) is 52.1 Å². The molecule has 1 N–H and O–H groups in total. The molecule has 8 nitrogen and oxygen atoms in total. The molecule has 0 atom stereocenters. The van der Waals surface area contributed by atoms with Gasteiger partial charge in [-0.1, -0.05) is 30.7 Å². The minimum Gasteiger partial charge on any atom is -0.491 e. The number of nitrogens with one attached hydrogen (secondary N) is 1. The molecule has 0 aliphatic carbocycles. The van der Waals surface area contributed by atoms with E-state index >= 15 is 0 Å². The van der Waals surface area contributed by atoms with E-state index in [0.29, 0.717) is 30.0 Å². The number of ether oxygens (including phenoxy) is 1. The molecule has 1 aromatic heterocycles. The lowest BCUT2D eigenvalue weighted by atomic mass is 10.2. The van der Waals surface area contributed by atoms with Gasteiger partial charge in [-0.25, -0.2) is 14.2 Å². The molecule has 0 saturated heterocycles. The van der Waals surface area contributed by atoms with Gasteiger partial charge in [0, 0.05) is 30.1 Å². The van der Waals surface area contributed by atoms with E-state index < -0.39 is 11.4 Å². The van der Waals surface area contributed by atoms with Crippen molar-refractivity contribution in [1.29, 1.82) is 0 Å². The average Bonchev–Trinajstić information content (AvgIpc) is 2.81. The van der Waals surface area contributed by atoms with E-state index in [4.69, 9.17) is 16.3 Å². The zero-order valence-corrected chi connectivity index (χ0v) is 21.3. The predicted octanol–water partition coefficient (Wildman–Crippen LogP) is 4.71. The van der Waals surface area contributed by atoms with Crippen LogP contribution in [0, 0.1) is 6.92 Å². The summed E-state index contributed by atoms with van der Waals surface area (Å²) in [6.45, 7) is 7.94. The smallest absolute Gasteiger partial charge is 0.354 e. The van der Waals surface area contributed by atoms with Crippen LogP contribution in [0.2, 0.25) is 5.02 Å². The van der Waals surface area contributed by atoms with E-state index in [9.17, 15) is 14.4 Å². The molecule has 0 aliphatic rings. The number of carbonyl (C=O) groups is 1. The summed E-state index contributed by atoms with van der Waals surface area (Å²) >= 11 is 6.01. The number of ketones is 1. The number of carbonyl (C=O) groups excluding carboxylic acids is 1. The monoisotopic (exact) mass is 498 g/mol. The molecule has 0 radical (unpaired) electrons. The number of aryl methyl sites for hydroxylation is 1. The van der Waals surface area contributed by atoms with Crippen LogP contribution in [-0.2, 0) is 17.9 Å². The standard InChI is InChI=1S/C26H31ClN4O4/c1-5-22(32)7-6-14-30-25(33)29-24(28-21-12-13-23(18(4)15-21)35-17(2)3)31(26(30)34)16-19-8-10-20(27)11-9-19/h8-13,15,17H,5-7,14,16H2,1-4H3,(H,28,29,33). The van der Waals surface area contributed by atoms with E-state index in [-0.39, 0.29) is 30.9 Å². The molecule has 0 saturated carbocycles. The Labute approximate surface area is 209 Å². The van der Waals surface area contributed by atoms with E-state index in [2.05, 4.69) is 10.3 Å². The number of benzene rings is 2. The van der Waals surface area contributed by atoms with Crippen LogP contribution in [-0.4, -0.2) is 26.0 Å². The average molecular weight is 499 g/mol. The lowest BCUT2D eigenvalue weighted by molar-refractivity contribution is -0.118. The molecule has 0 bridgehead atoms. The minimum absolute atomic E-state index is 0.0407. The molecule has 3 aromatic rings. The molecule has 0 fully saturated rings. The molecule has 0 spiro atoms. The Bertz CT molecular complexity index is 1300. The Morgan fingerprint density at radius 3 is 2.46 bits per heavy atom. The van der Waals surface area contributed by atoms with Crippen LogP contribution < -0.4 is 21.4 Å². The molecule has 1 heterocycles. The summed E-state index contributed by atoms with van der Waals surface area (Å²) in [6, 6.07) is 12.6. The third-order valence-electron chi connectivity index (χ3n) is 5.43. The van der Waals surface area contributed by atoms with Crippen molar-refractivity contribution in [2.24, 2.45) is 0 Å². The van der Waals surface area contributed by atoms with Crippen LogP contribution >= 0.6 is 11.6 Å². The van der Waals surface area contributed by atoms with Gasteiger partial charge in [-0.15, -0.1) is 0 Å². The topological polar surface area (TPSA) is 95.2 Å². The third kappa shape index (κ3) is 7.05. The number of halogens is 1. The van der Waals surface area contributed by atoms with Gasteiger partial charge in [-0.2, -0.15) is 4.98 Å². The van der Waals surface area contributed by atoms with E-state index in [0.717, 1.165) is 21.4 Å². The Kier molecular flexibility index (Phi) is 8.87. The Balaban J connectivity index is 1.98. The SMILES string of the molecule is CCC(=O)CCCn1c(=O)nc(Nc2ccc(OC(C)C)c(C)c2)n(Cc2ccc(Cl)cc2)c1=O. The summed E-state index contributed by atoms with van der Waals surface area (Å²) in [5, 5.41) is 3.71. The van der Waals surface area contributed by atoms with Crippen LogP contribution in [0.25, 0.3) is 0 Å². The first kappa shape index (κ1) is 26.2. The Morgan fingerprint density at radius 2 is 1.83 bits per heavy atom. The van der Waals surface area contributed by atoms with Gasteiger partial charge in [0.1, 0.15) is 11.5 Å². The van der Waals surface area contributed by atoms with Crippen LogP contribution in [0.5, 0.6) is 5.75 Å². The van der Waals surface area contributed by atoms with Gasteiger partial charge >= 0.3 is 11.4 Å². The maximum Gasteiger partial charge on any atom is 0.354 e. The number of nitrogens with zero attached hydrogens (tertiary/aromatic N) is 3. The summed E-state index contributed by atoms with van der Waals surface area (Å²) in [6.07, 6.45) is 1.17. The second-order valence-electron chi connectivity index (χ2n) is 8.63. The quantitative estimate of drug-likeness (QED) is 0.411. The fourth-order valence-corrected chi connectivity index (χ4v) is 3.71. The zero-order chi connectivity index (χ0) is 25.5. The Morgan fingerprint density at radius 1 is 1.11 bits per heavy atom. The van der Waals surface area contributed by atoms with Crippen molar-refractivity contribution in [2.45, 2.75) is 66.2 Å². The van der Waals surface area contributed by atoms with Crippen LogP contribution in [0.4, 0.5) is 11.6 Å². The Hall–Kier alpha value is -3.39. The van der Waals surface area contributed by atoms with Crippen molar-refractivity contribution < 1.29 is 9.53 Å². The highest BCUT2D eigenvalue weighted by atomic mass is 35.5. The predicted molar refractivity (Wildman–Crippen MR) is 138 cm³/mol. The number of hydrogen-bond acceptors (Lipinski definition) is 6. The summed E-state index contributed by atoms with van der Waals surface area (Å²) in [4.78, 5) is 42.0. The van der Waals surface area contributed by atoms with E-state index in [1.807, 2.05) is 51.1 Å². The lowest BCUT2D eigenvalue weighted by Gasteiger charge is -2.17.